The van der Waals surface area contributed by atoms with Gasteiger partial charge in [-0.25, -0.2) is 4.79 Å². The van der Waals surface area contributed by atoms with Crippen molar-refractivity contribution >= 4 is 34.1 Å². The minimum Gasteiger partial charge on any atom is -0.462 e. The molecule has 3 N–H and O–H groups in total. The number of aromatic nitrogens is 1. The largest absolute Gasteiger partial charge is 0.462 e. The van der Waals surface area contributed by atoms with Crippen molar-refractivity contribution in [3.8, 4) is 0 Å². The van der Waals surface area contributed by atoms with Crippen molar-refractivity contribution in [3.05, 3.63) is 45.6 Å². The summed E-state index contributed by atoms with van der Waals surface area (Å²) < 4.78 is 6.89. The molecule has 2 rings (SSSR count). The van der Waals surface area contributed by atoms with Gasteiger partial charge < -0.3 is 15.8 Å². The Bertz CT molecular complexity index is 889. The van der Waals surface area contributed by atoms with Gasteiger partial charge in [-0.05, 0) is 31.9 Å². The van der Waals surface area contributed by atoms with Crippen molar-refractivity contribution in [3.63, 3.8) is 0 Å². The van der Waals surface area contributed by atoms with Gasteiger partial charge in [0.25, 0.3) is 11.8 Å². The van der Waals surface area contributed by atoms with Crippen LogP contribution in [0.4, 0.5) is 5.00 Å². The van der Waals surface area contributed by atoms with Crippen LogP contribution in [0.25, 0.3) is 0 Å². The summed E-state index contributed by atoms with van der Waals surface area (Å²) in [6, 6.07) is 3.97. The number of thiophene rings is 1. The molecule has 0 bridgehead atoms. The van der Waals surface area contributed by atoms with E-state index >= 15 is 0 Å². The van der Waals surface area contributed by atoms with E-state index in [-0.39, 0.29) is 34.5 Å². The van der Waals surface area contributed by atoms with Gasteiger partial charge in [0, 0.05) is 18.6 Å². The van der Waals surface area contributed by atoms with Gasteiger partial charge in [-0.15, -0.1) is 11.3 Å². The smallest absolute Gasteiger partial charge is 0.341 e. The van der Waals surface area contributed by atoms with Crippen LogP contribution in [-0.4, -0.2) is 24.4 Å². The molecule has 0 aliphatic rings. The highest BCUT2D eigenvalue weighted by molar-refractivity contribution is 7.18. The SMILES string of the molecule is CCOC(=O)c1c(NC(=O)C[n+]2cc(CC)ccc2C)sc(C(N)=O)c1C. The molecular formula is C19H24N3O4S+. The van der Waals surface area contributed by atoms with Crippen LogP contribution in [0.2, 0.25) is 0 Å². The summed E-state index contributed by atoms with van der Waals surface area (Å²) in [6.07, 6.45) is 2.79. The Kier molecular flexibility index (Phi) is 6.68. The highest BCUT2D eigenvalue weighted by atomic mass is 32.1. The molecule has 2 heterocycles. The first-order valence-corrected chi connectivity index (χ1v) is 9.49. The molecule has 2 aromatic rings. The highest BCUT2D eigenvalue weighted by Crippen LogP contribution is 2.33. The van der Waals surface area contributed by atoms with Crippen molar-refractivity contribution in [2.45, 2.75) is 40.7 Å². The number of ether oxygens (including phenoxy) is 1. The number of nitrogens with two attached hydrogens (primary N) is 1. The van der Waals surface area contributed by atoms with Gasteiger partial charge in [0.15, 0.2) is 11.9 Å². The molecule has 27 heavy (non-hydrogen) atoms. The lowest BCUT2D eigenvalue weighted by Crippen LogP contribution is -2.43. The Morgan fingerprint density at radius 1 is 1.22 bits per heavy atom. The van der Waals surface area contributed by atoms with E-state index in [0.29, 0.717) is 5.56 Å². The number of carbonyl (C=O) groups excluding carboxylic acids is 3. The Hall–Kier alpha value is -2.74. The molecule has 2 amide bonds. The highest BCUT2D eigenvalue weighted by Gasteiger charge is 2.26. The zero-order valence-corrected chi connectivity index (χ0v) is 16.7. The van der Waals surface area contributed by atoms with Gasteiger partial charge in [-0.3, -0.25) is 9.59 Å². The van der Waals surface area contributed by atoms with Gasteiger partial charge in [0.2, 0.25) is 6.54 Å². The van der Waals surface area contributed by atoms with Gasteiger partial charge in [0.05, 0.1) is 17.0 Å². The van der Waals surface area contributed by atoms with E-state index in [1.807, 2.05) is 36.7 Å². The number of rotatable bonds is 7. The molecule has 0 aromatic carbocycles. The van der Waals surface area contributed by atoms with Crippen LogP contribution in [0, 0.1) is 13.8 Å². The zero-order valence-electron chi connectivity index (χ0n) is 15.9. The number of pyridine rings is 1. The number of nitrogens with zero attached hydrogens (tertiary/aromatic N) is 1. The summed E-state index contributed by atoms with van der Waals surface area (Å²) >= 11 is 0.983. The summed E-state index contributed by atoms with van der Waals surface area (Å²) in [5.41, 5.74) is 8.02. The average Bonchev–Trinajstić information content (AvgIpc) is 2.93. The second kappa shape index (κ2) is 8.77. The first kappa shape index (κ1) is 20.6. The van der Waals surface area contributed by atoms with Gasteiger partial charge in [-0.2, -0.15) is 4.57 Å². The molecule has 0 fully saturated rings. The van der Waals surface area contributed by atoms with E-state index in [1.54, 1.807) is 13.8 Å². The molecule has 0 unspecified atom stereocenters. The standard InChI is InChI=1S/C19H23N3O4S/c1-5-13-8-7-11(3)22(9-13)10-14(23)21-18-15(19(25)26-6-2)12(4)16(27-18)17(20)24/h7-9H,5-6,10H2,1-4H3,(H2-,20,21,23,24,25)/p+1. The Balaban J connectivity index is 2.30. The molecule has 0 atom stereocenters. The molecule has 8 heteroatoms. The number of amides is 2. The number of carbonyl (C=O) groups is 3. The number of hydrogen-bond acceptors (Lipinski definition) is 5. The summed E-state index contributed by atoms with van der Waals surface area (Å²) in [4.78, 5) is 36.7. The lowest BCUT2D eigenvalue weighted by molar-refractivity contribution is -0.690. The van der Waals surface area contributed by atoms with Crippen LogP contribution in [0.3, 0.4) is 0 Å². The van der Waals surface area contributed by atoms with Crippen LogP contribution in [0.15, 0.2) is 18.3 Å². The Labute approximate surface area is 162 Å². The fraction of sp³-hybridized carbons (Fsp3) is 0.368. The molecule has 0 spiro atoms. The molecule has 0 aliphatic heterocycles. The third-order valence-corrected chi connectivity index (χ3v) is 5.36. The van der Waals surface area contributed by atoms with Gasteiger partial charge >= 0.3 is 5.97 Å². The van der Waals surface area contributed by atoms with Crippen LogP contribution in [0.1, 0.15) is 50.7 Å². The van der Waals surface area contributed by atoms with Crippen molar-refractivity contribution < 1.29 is 23.7 Å². The first-order valence-electron chi connectivity index (χ1n) is 8.67. The molecule has 7 nitrogen and oxygen atoms in total. The number of esters is 1. The predicted molar refractivity (Wildman–Crippen MR) is 103 cm³/mol. The minimum atomic E-state index is -0.649. The van der Waals surface area contributed by atoms with Crippen LogP contribution in [0.5, 0.6) is 0 Å². The van der Waals surface area contributed by atoms with Crippen molar-refractivity contribution in [2.75, 3.05) is 11.9 Å². The molecular weight excluding hydrogens is 366 g/mol. The lowest BCUT2D eigenvalue weighted by atomic mass is 10.1. The summed E-state index contributed by atoms with van der Waals surface area (Å²) in [5, 5.41) is 3.00. The second-order valence-corrected chi connectivity index (χ2v) is 7.07. The maximum Gasteiger partial charge on any atom is 0.341 e. The minimum absolute atomic E-state index is 0.0881. The normalized spacial score (nSPS) is 10.5. The van der Waals surface area contributed by atoms with Crippen molar-refractivity contribution in [1.29, 1.82) is 0 Å². The van der Waals surface area contributed by atoms with E-state index < -0.39 is 11.9 Å². The zero-order chi connectivity index (χ0) is 20.1. The second-order valence-electron chi connectivity index (χ2n) is 6.05. The number of hydrogen-bond donors (Lipinski definition) is 2. The number of primary amides is 1. The molecule has 0 aliphatic carbocycles. The molecule has 0 saturated carbocycles. The maximum absolute atomic E-state index is 12.6. The fourth-order valence-electron chi connectivity index (χ4n) is 2.65. The monoisotopic (exact) mass is 390 g/mol. The van der Waals surface area contributed by atoms with E-state index in [4.69, 9.17) is 10.5 Å². The Morgan fingerprint density at radius 2 is 1.93 bits per heavy atom. The van der Waals surface area contributed by atoms with Crippen LogP contribution >= 0.6 is 11.3 Å². The van der Waals surface area contributed by atoms with Crippen LogP contribution < -0.4 is 15.6 Å². The first-order chi connectivity index (χ1) is 12.8. The third-order valence-electron chi connectivity index (χ3n) is 4.14. The summed E-state index contributed by atoms with van der Waals surface area (Å²) in [7, 11) is 0. The van der Waals surface area contributed by atoms with Crippen molar-refractivity contribution in [2.24, 2.45) is 5.73 Å². The van der Waals surface area contributed by atoms with Gasteiger partial charge in [0.1, 0.15) is 5.00 Å². The summed E-state index contributed by atoms with van der Waals surface area (Å²) in [5.74, 6) is -1.55. The fourth-order valence-corrected chi connectivity index (χ4v) is 3.72. The average molecular weight is 390 g/mol. The van der Waals surface area contributed by atoms with Crippen molar-refractivity contribution in [1.82, 2.24) is 0 Å². The van der Waals surface area contributed by atoms with E-state index in [1.165, 1.54) is 0 Å². The lowest BCUT2D eigenvalue weighted by Gasteiger charge is -2.07. The van der Waals surface area contributed by atoms with Crippen LogP contribution in [-0.2, 0) is 22.5 Å². The molecule has 144 valence electrons. The summed E-state index contributed by atoms with van der Waals surface area (Å²) in [6.45, 7) is 7.53. The quantitative estimate of drug-likeness (QED) is 0.558. The number of nitrogens with one attached hydrogen (secondary N) is 1. The topological polar surface area (TPSA) is 102 Å². The molecule has 0 radical (unpaired) electrons. The maximum atomic E-state index is 12.6. The van der Waals surface area contributed by atoms with E-state index in [0.717, 1.165) is 29.0 Å². The third kappa shape index (κ3) is 4.71. The van der Waals surface area contributed by atoms with Gasteiger partial charge in [-0.1, -0.05) is 6.92 Å². The predicted octanol–water partition coefficient (Wildman–Crippen LogP) is 2.13. The molecule has 0 saturated heterocycles. The molecule has 2 aromatic heterocycles. The number of aryl methyl sites for hydroxylation is 2. The van der Waals surface area contributed by atoms with E-state index in [2.05, 4.69) is 5.32 Å². The Morgan fingerprint density at radius 3 is 2.52 bits per heavy atom. The van der Waals surface area contributed by atoms with E-state index in [9.17, 15) is 14.4 Å². The number of anilines is 1.